The molecule has 7 nitrogen and oxygen atoms in total. The summed E-state index contributed by atoms with van der Waals surface area (Å²) in [7, 11) is -4.25. The molecule has 1 aliphatic heterocycles. The van der Waals surface area contributed by atoms with Gasteiger partial charge in [0, 0.05) is 37.8 Å². The largest absolute Gasteiger partial charge is 0.416 e. The highest BCUT2D eigenvalue weighted by Gasteiger charge is 2.39. The number of carbonyl (C=O) groups is 1. The number of sulfonamides is 1. The molecule has 1 amide bonds. The van der Waals surface area contributed by atoms with Crippen LogP contribution in [0.2, 0.25) is 0 Å². The molecule has 2 atom stereocenters. The number of halogens is 6. The van der Waals surface area contributed by atoms with Gasteiger partial charge in [-0.1, -0.05) is 24.3 Å². The summed E-state index contributed by atoms with van der Waals surface area (Å²) < 4.78 is 107. The lowest BCUT2D eigenvalue weighted by Gasteiger charge is -2.32. The molecule has 0 unspecified atom stereocenters. The van der Waals surface area contributed by atoms with Crippen LogP contribution >= 0.6 is 0 Å². The van der Waals surface area contributed by atoms with Crippen LogP contribution in [0.5, 0.6) is 0 Å². The van der Waals surface area contributed by atoms with Gasteiger partial charge in [-0.25, -0.2) is 8.42 Å². The van der Waals surface area contributed by atoms with Gasteiger partial charge in [-0.15, -0.1) is 0 Å². The number of benzene rings is 3. The predicted molar refractivity (Wildman–Crippen MR) is 138 cm³/mol. The molecule has 0 spiro atoms. The van der Waals surface area contributed by atoms with E-state index in [1.807, 2.05) is 0 Å². The maximum Gasteiger partial charge on any atom is 0.416 e. The van der Waals surface area contributed by atoms with Crippen LogP contribution in [0.1, 0.15) is 32.6 Å². The number of hydrogen-bond acceptors (Lipinski definition) is 5. The van der Waals surface area contributed by atoms with Crippen molar-refractivity contribution in [3.05, 3.63) is 101 Å². The summed E-state index contributed by atoms with van der Waals surface area (Å²) in [4.78, 5) is 11.3. The summed E-state index contributed by atoms with van der Waals surface area (Å²) in [6.45, 7) is 0.403. The first kappa shape index (κ1) is 30.5. The fourth-order valence-electron chi connectivity index (χ4n) is 4.52. The fourth-order valence-corrected chi connectivity index (χ4v) is 6.17. The molecule has 4 N–H and O–H groups in total. The van der Waals surface area contributed by atoms with Gasteiger partial charge in [-0.05, 0) is 59.7 Å². The van der Waals surface area contributed by atoms with Crippen molar-refractivity contribution in [1.82, 2.24) is 14.9 Å². The molecule has 0 saturated carbocycles. The van der Waals surface area contributed by atoms with Crippen molar-refractivity contribution in [1.29, 1.82) is 0 Å². The van der Waals surface area contributed by atoms with Crippen LogP contribution in [0.3, 0.4) is 0 Å². The Balaban J connectivity index is 1.61. The number of hydrogen-bond donors (Lipinski definition) is 3. The third-order valence-electron chi connectivity index (χ3n) is 6.77. The number of nitrogens with one attached hydrogen (secondary N) is 2. The van der Waals surface area contributed by atoms with Crippen LogP contribution in [0, 0.1) is 0 Å². The van der Waals surface area contributed by atoms with Gasteiger partial charge in [0.15, 0.2) is 0 Å². The molecule has 0 radical (unpaired) electrons. The van der Waals surface area contributed by atoms with E-state index in [4.69, 9.17) is 5.73 Å². The van der Waals surface area contributed by atoms with Crippen LogP contribution in [0.4, 0.5) is 26.3 Å². The molecule has 220 valence electrons. The van der Waals surface area contributed by atoms with Gasteiger partial charge in [-0.2, -0.15) is 30.6 Å². The lowest BCUT2D eigenvalue weighted by molar-refractivity contribution is -0.138. The quantitative estimate of drug-likeness (QED) is 0.321. The monoisotopic (exact) mass is 600 g/mol. The number of amides is 1. The molecule has 4 rings (SSSR count). The summed E-state index contributed by atoms with van der Waals surface area (Å²) >= 11 is 0. The third-order valence-corrected chi connectivity index (χ3v) is 8.65. The van der Waals surface area contributed by atoms with Crippen molar-refractivity contribution in [3.8, 4) is 0 Å². The fraction of sp³-hybridized carbons (Fsp3) is 0.296. The average molecular weight is 601 g/mol. The first-order valence-corrected chi connectivity index (χ1v) is 13.8. The number of nitrogens with zero attached hydrogens (tertiary/aromatic N) is 1. The topological polar surface area (TPSA) is 105 Å². The average Bonchev–Trinajstić information content (AvgIpc) is 3.38. The Hall–Kier alpha value is -3.46. The van der Waals surface area contributed by atoms with E-state index >= 15 is 0 Å². The standard InChI is InChI=1S/C27H26F6N4O3S/c28-26(29,30)20-7-1-17(2-8-20)13-36-23-14-35-15-24(23)37(16-18-3-9-21(10-4-18)27(31,32)33)41(39,40)22-11-5-19(6-12-22)25(34)38/h1-12,23-24,35-36H,13-16H2,(H2,34,38)/t23-,24-/m0/s1. The first-order chi connectivity index (χ1) is 19.2. The number of rotatable bonds is 9. The van der Waals surface area contributed by atoms with E-state index in [9.17, 15) is 39.6 Å². The Morgan fingerprint density at radius 1 is 0.829 bits per heavy atom. The van der Waals surface area contributed by atoms with E-state index in [-0.39, 0.29) is 30.1 Å². The second-order valence-corrected chi connectivity index (χ2v) is 11.4. The summed E-state index contributed by atoms with van der Waals surface area (Å²) in [5.41, 5.74) is 4.53. The van der Waals surface area contributed by atoms with Gasteiger partial charge < -0.3 is 16.4 Å². The van der Waals surface area contributed by atoms with E-state index in [1.54, 1.807) is 0 Å². The minimum absolute atomic E-state index is 0.0943. The summed E-state index contributed by atoms with van der Waals surface area (Å²) in [6, 6.07) is 12.5. The molecule has 1 heterocycles. The predicted octanol–water partition coefficient (Wildman–Crippen LogP) is 4.14. The van der Waals surface area contributed by atoms with Crippen LogP contribution in [-0.4, -0.2) is 43.8 Å². The molecule has 0 bridgehead atoms. The van der Waals surface area contributed by atoms with Gasteiger partial charge in [0.05, 0.1) is 22.1 Å². The van der Waals surface area contributed by atoms with E-state index < -0.39 is 51.5 Å². The second-order valence-electron chi connectivity index (χ2n) is 9.54. The minimum Gasteiger partial charge on any atom is -0.366 e. The first-order valence-electron chi connectivity index (χ1n) is 12.3. The van der Waals surface area contributed by atoms with Crippen LogP contribution in [0.15, 0.2) is 77.7 Å². The highest BCUT2D eigenvalue weighted by atomic mass is 32.2. The van der Waals surface area contributed by atoms with Crippen molar-refractivity contribution in [2.75, 3.05) is 13.1 Å². The van der Waals surface area contributed by atoms with Crippen molar-refractivity contribution in [3.63, 3.8) is 0 Å². The molecule has 0 aromatic heterocycles. The SMILES string of the molecule is NC(=O)c1ccc(S(=O)(=O)N(Cc2ccc(C(F)(F)F)cc2)[C@H]2CNC[C@@H]2NCc2ccc(C(F)(F)F)cc2)cc1. The molecular weight excluding hydrogens is 574 g/mol. The smallest absolute Gasteiger partial charge is 0.366 e. The molecule has 3 aromatic rings. The highest BCUT2D eigenvalue weighted by Crippen LogP contribution is 2.31. The maximum atomic E-state index is 13.9. The Bertz CT molecular complexity index is 1460. The van der Waals surface area contributed by atoms with Gasteiger partial charge in [0.25, 0.3) is 0 Å². The van der Waals surface area contributed by atoms with Crippen molar-refractivity contribution in [2.45, 2.75) is 42.4 Å². The number of carbonyl (C=O) groups excluding carboxylic acids is 1. The summed E-state index contributed by atoms with van der Waals surface area (Å²) in [5.74, 6) is -0.747. The molecule has 3 aromatic carbocycles. The molecule has 41 heavy (non-hydrogen) atoms. The normalized spacial score (nSPS) is 18.1. The Morgan fingerprint density at radius 2 is 1.34 bits per heavy atom. The van der Waals surface area contributed by atoms with E-state index in [0.717, 1.165) is 24.3 Å². The molecular formula is C27H26F6N4O3S. The highest BCUT2D eigenvalue weighted by molar-refractivity contribution is 7.89. The molecule has 1 aliphatic rings. The molecule has 1 fully saturated rings. The van der Waals surface area contributed by atoms with Crippen LogP contribution in [0.25, 0.3) is 0 Å². The lowest BCUT2D eigenvalue weighted by Crippen LogP contribution is -2.51. The van der Waals surface area contributed by atoms with Crippen LogP contribution in [-0.2, 0) is 35.5 Å². The van der Waals surface area contributed by atoms with Crippen LogP contribution < -0.4 is 16.4 Å². The number of alkyl halides is 6. The zero-order valence-corrected chi connectivity index (χ0v) is 22.2. The number of nitrogens with two attached hydrogens (primary N) is 1. The zero-order valence-electron chi connectivity index (χ0n) is 21.3. The van der Waals surface area contributed by atoms with Crippen molar-refractivity contribution >= 4 is 15.9 Å². The van der Waals surface area contributed by atoms with Gasteiger partial charge in [-0.3, -0.25) is 4.79 Å². The Morgan fingerprint density at radius 3 is 1.83 bits per heavy atom. The minimum atomic E-state index is -4.56. The van der Waals surface area contributed by atoms with Gasteiger partial charge in [0.1, 0.15) is 0 Å². The third kappa shape index (κ3) is 7.25. The van der Waals surface area contributed by atoms with E-state index in [1.165, 1.54) is 52.8 Å². The molecule has 0 aliphatic carbocycles. The van der Waals surface area contributed by atoms with E-state index in [2.05, 4.69) is 10.6 Å². The zero-order chi connectivity index (χ0) is 30.0. The summed E-state index contributed by atoms with van der Waals surface area (Å²) in [6.07, 6.45) is -9.04. The molecule has 1 saturated heterocycles. The second kappa shape index (κ2) is 11.8. The maximum absolute atomic E-state index is 13.9. The van der Waals surface area contributed by atoms with E-state index in [0.29, 0.717) is 17.7 Å². The Labute approximate surface area is 232 Å². The Kier molecular flexibility index (Phi) is 8.78. The van der Waals surface area contributed by atoms with Crippen molar-refractivity contribution in [2.24, 2.45) is 5.73 Å². The number of primary amides is 1. The van der Waals surface area contributed by atoms with Gasteiger partial charge in [0.2, 0.25) is 15.9 Å². The van der Waals surface area contributed by atoms with Crippen molar-refractivity contribution < 1.29 is 39.6 Å². The molecule has 14 heteroatoms. The van der Waals surface area contributed by atoms with Gasteiger partial charge >= 0.3 is 12.4 Å². The lowest BCUT2D eigenvalue weighted by atomic mass is 10.1. The summed E-state index contributed by atoms with van der Waals surface area (Å²) in [5, 5.41) is 6.29.